The van der Waals surface area contributed by atoms with Gasteiger partial charge >= 0.3 is 24.0 Å². The van der Waals surface area contributed by atoms with Crippen LogP contribution in [0.2, 0.25) is 0 Å². The predicted octanol–water partition coefficient (Wildman–Crippen LogP) is 7.04. The largest absolute Gasteiger partial charge is 0.443 e. The number of nitrogens with zero attached hydrogens (tertiary/aromatic N) is 4. The van der Waals surface area contributed by atoms with Gasteiger partial charge in [-0.05, 0) is 107 Å². The molecule has 20 heteroatoms. The summed E-state index contributed by atoms with van der Waals surface area (Å²) < 4.78 is 12.4. The normalized spacial score (nSPS) is 15.8. The molecule has 440 valence electrons. The standard InChI is InChI=1S/C66H66N10O10/c1-67-61(79)47-19-11-17-45(27-47)39-75-63(81)55(71-65(75)83)31-43-21-23-53-51(29-43)49(35-69-53)33-57(73(3)37-41-13-7-5-8-14-41)85-59(77)25-26-60(78)86-58(74(4)38-42-15-9-6-10-16-42)34-50-36-70-54-24-22-44(30-52(50)54)32-56-64(82)76(66(84)72-56)40-46-18-12-20-48(28-46)62(80)68-2/h5-30,35-36,55-58,69-70H,31-34,37-40H2,1-4H3,(H,67,79)(H,68,80)(H,71,83)(H,72,84)/b26-25-. The summed E-state index contributed by atoms with van der Waals surface area (Å²) in [5, 5.41) is 12.5. The lowest BCUT2D eigenvalue weighted by molar-refractivity contribution is -0.155. The van der Waals surface area contributed by atoms with E-state index in [0.717, 1.165) is 77.1 Å². The van der Waals surface area contributed by atoms with E-state index in [1.165, 1.54) is 14.1 Å². The van der Waals surface area contributed by atoms with E-state index in [9.17, 15) is 38.4 Å². The highest BCUT2D eigenvalue weighted by Gasteiger charge is 2.39. The number of esters is 2. The van der Waals surface area contributed by atoms with Crippen LogP contribution in [-0.4, -0.2) is 130 Å². The van der Waals surface area contributed by atoms with Crippen molar-refractivity contribution in [3.8, 4) is 0 Å². The molecule has 2 aliphatic heterocycles. The molecule has 8 amide bonds. The molecule has 20 nitrogen and oxygen atoms in total. The number of hydrogen-bond acceptors (Lipinski definition) is 12. The number of imide groups is 2. The van der Waals surface area contributed by atoms with Crippen molar-refractivity contribution in [1.29, 1.82) is 0 Å². The summed E-state index contributed by atoms with van der Waals surface area (Å²) in [4.78, 5) is 119. The Labute approximate surface area is 496 Å². The van der Waals surface area contributed by atoms with E-state index in [2.05, 4.69) is 31.2 Å². The first-order chi connectivity index (χ1) is 41.6. The van der Waals surface area contributed by atoms with Gasteiger partial charge in [0, 0.05) is 110 Å². The predicted molar refractivity (Wildman–Crippen MR) is 322 cm³/mol. The van der Waals surface area contributed by atoms with Gasteiger partial charge < -0.3 is 40.7 Å². The molecule has 0 aliphatic carbocycles. The smallest absolute Gasteiger partial charge is 0.332 e. The van der Waals surface area contributed by atoms with E-state index >= 15 is 0 Å². The Hall–Kier alpha value is -10.2. The minimum Gasteiger partial charge on any atom is -0.443 e. The number of aromatic amines is 2. The van der Waals surface area contributed by atoms with Gasteiger partial charge in [0.15, 0.2) is 12.5 Å². The zero-order valence-corrected chi connectivity index (χ0v) is 48.0. The molecule has 2 aromatic heterocycles. The molecule has 2 fully saturated rings. The molecule has 6 N–H and O–H groups in total. The third kappa shape index (κ3) is 14.1. The monoisotopic (exact) mass is 1160 g/mol. The molecule has 6 aromatic carbocycles. The van der Waals surface area contributed by atoms with Crippen LogP contribution in [0.3, 0.4) is 0 Å². The van der Waals surface area contributed by atoms with E-state index in [1.807, 2.05) is 133 Å². The fraction of sp³-hybridized carbons (Fsp3) is 0.242. The Bertz CT molecular complexity index is 3630. The van der Waals surface area contributed by atoms with Crippen molar-refractivity contribution < 1.29 is 47.8 Å². The first-order valence-corrected chi connectivity index (χ1v) is 28.2. The topological polar surface area (TPSA) is 248 Å². The number of ether oxygens (including phenoxy) is 2. The number of urea groups is 2. The van der Waals surface area contributed by atoms with Crippen molar-refractivity contribution in [2.24, 2.45) is 0 Å². The zero-order valence-electron chi connectivity index (χ0n) is 48.0. The van der Waals surface area contributed by atoms with Crippen molar-refractivity contribution in [1.82, 2.24) is 50.8 Å². The van der Waals surface area contributed by atoms with E-state index in [-0.39, 0.29) is 62.4 Å². The molecular formula is C66H66N10O10. The van der Waals surface area contributed by atoms with E-state index < -0.39 is 48.5 Å². The quantitative estimate of drug-likeness (QED) is 0.0154. The number of hydrogen-bond donors (Lipinski definition) is 6. The van der Waals surface area contributed by atoms with E-state index in [1.54, 1.807) is 48.5 Å². The fourth-order valence-electron chi connectivity index (χ4n) is 10.9. The maximum absolute atomic E-state index is 13.9. The summed E-state index contributed by atoms with van der Waals surface area (Å²) in [5.74, 6) is -2.88. The van der Waals surface area contributed by atoms with Crippen LogP contribution in [0.5, 0.6) is 0 Å². The van der Waals surface area contributed by atoms with Gasteiger partial charge in [-0.15, -0.1) is 0 Å². The van der Waals surface area contributed by atoms with Gasteiger partial charge in [0.25, 0.3) is 23.6 Å². The Morgan fingerprint density at radius 2 is 0.907 bits per heavy atom. The van der Waals surface area contributed by atoms with Gasteiger partial charge in [0.2, 0.25) is 0 Å². The summed E-state index contributed by atoms with van der Waals surface area (Å²) in [6.45, 7) is 0.844. The third-order valence-corrected chi connectivity index (χ3v) is 15.5. The molecule has 0 saturated carbocycles. The lowest BCUT2D eigenvalue weighted by Gasteiger charge is -2.28. The molecule has 0 spiro atoms. The Balaban J connectivity index is 0.818. The van der Waals surface area contributed by atoms with Crippen LogP contribution in [0.1, 0.15) is 65.2 Å². The van der Waals surface area contributed by atoms with Crippen molar-refractivity contribution in [2.45, 2.75) is 76.4 Å². The van der Waals surface area contributed by atoms with Crippen molar-refractivity contribution >= 4 is 69.4 Å². The number of fused-ring (bicyclic) bond motifs is 2. The van der Waals surface area contributed by atoms with Crippen molar-refractivity contribution in [3.05, 3.63) is 226 Å². The summed E-state index contributed by atoms with van der Waals surface area (Å²) in [7, 11) is 6.75. The van der Waals surface area contributed by atoms with Gasteiger partial charge in [-0.1, -0.05) is 97.1 Å². The third-order valence-electron chi connectivity index (χ3n) is 15.5. The van der Waals surface area contributed by atoms with Crippen LogP contribution in [0.15, 0.2) is 170 Å². The minimum absolute atomic E-state index is 0.000830. The molecule has 4 unspecified atom stereocenters. The highest BCUT2D eigenvalue weighted by atomic mass is 16.6. The van der Waals surface area contributed by atoms with Gasteiger partial charge in [-0.25, -0.2) is 19.2 Å². The Morgan fingerprint density at radius 3 is 1.30 bits per heavy atom. The fourth-order valence-corrected chi connectivity index (χ4v) is 10.9. The molecule has 2 saturated heterocycles. The van der Waals surface area contributed by atoms with Crippen LogP contribution < -0.4 is 21.3 Å². The van der Waals surface area contributed by atoms with Crippen LogP contribution >= 0.6 is 0 Å². The molecule has 0 bridgehead atoms. The average molecular weight is 1160 g/mol. The first kappa shape index (κ1) is 59.0. The second-order valence-electron chi connectivity index (χ2n) is 21.5. The van der Waals surface area contributed by atoms with Gasteiger partial charge in [-0.2, -0.15) is 0 Å². The number of likely N-dealkylation sites (N-methyl/N-ethyl adjacent to an activating group) is 2. The van der Waals surface area contributed by atoms with Crippen molar-refractivity contribution in [3.63, 3.8) is 0 Å². The first-order valence-electron chi connectivity index (χ1n) is 28.2. The molecule has 4 atom stereocenters. The second-order valence-corrected chi connectivity index (χ2v) is 21.5. The molecule has 0 radical (unpaired) electrons. The number of nitrogens with one attached hydrogen (secondary N) is 6. The molecule has 86 heavy (non-hydrogen) atoms. The molecular weight excluding hydrogens is 1090 g/mol. The van der Waals surface area contributed by atoms with Crippen LogP contribution in [-0.2, 0) is 80.5 Å². The number of aromatic nitrogens is 2. The molecule has 2 aliphatic rings. The number of benzene rings is 6. The van der Waals surface area contributed by atoms with Gasteiger partial charge in [0.1, 0.15) is 12.1 Å². The Kier molecular flexibility index (Phi) is 18.2. The van der Waals surface area contributed by atoms with Crippen LogP contribution in [0, 0.1) is 0 Å². The number of rotatable bonds is 24. The Morgan fingerprint density at radius 1 is 0.512 bits per heavy atom. The SMILES string of the molecule is CNC(=O)c1cccc(CN2C(=O)NC(Cc3ccc4[nH]cc(CC(OC(=O)/C=C\C(=O)OC(Cc5c[nH]c6ccc(CC7NC(=O)N(Cc8cccc(C(=O)NC)c8)C7=O)cc56)N(C)Cc5ccccc5)N(C)Cc5ccccc5)c4c3)C2=O)c1. The number of carbonyl (C=O) groups is 8. The van der Waals surface area contributed by atoms with Crippen molar-refractivity contribution in [2.75, 3.05) is 28.2 Å². The number of amides is 8. The maximum atomic E-state index is 13.9. The lowest BCUT2D eigenvalue weighted by atomic mass is 10.0. The second kappa shape index (κ2) is 26.6. The minimum atomic E-state index is -0.824. The summed E-state index contributed by atoms with van der Waals surface area (Å²) in [5.41, 5.74) is 8.89. The highest BCUT2D eigenvalue weighted by Crippen LogP contribution is 2.28. The molecule has 10 rings (SSSR count). The summed E-state index contributed by atoms with van der Waals surface area (Å²) in [6, 6.07) is 41.8. The van der Waals surface area contributed by atoms with E-state index in [4.69, 9.17) is 9.47 Å². The summed E-state index contributed by atoms with van der Waals surface area (Å²) in [6.07, 6.45) is 5.07. The zero-order chi connectivity index (χ0) is 60.4. The lowest BCUT2D eigenvalue weighted by Crippen LogP contribution is -2.37. The van der Waals surface area contributed by atoms with Gasteiger partial charge in [0.05, 0.1) is 13.1 Å². The van der Waals surface area contributed by atoms with Gasteiger partial charge in [-0.3, -0.25) is 38.8 Å². The summed E-state index contributed by atoms with van der Waals surface area (Å²) >= 11 is 0. The van der Waals surface area contributed by atoms with Crippen LogP contribution in [0.4, 0.5) is 9.59 Å². The molecule has 8 aromatic rings. The number of H-pyrrole nitrogens is 2. The van der Waals surface area contributed by atoms with E-state index in [0.29, 0.717) is 35.3 Å². The maximum Gasteiger partial charge on any atom is 0.332 e. The highest BCUT2D eigenvalue weighted by molar-refractivity contribution is 6.05. The number of carbonyl (C=O) groups excluding carboxylic acids is 8. The average Bonchev–Trinajstić information content (AvgIpc) is 3.45. The molecule has 4 heterocycles. The van der Waals surface area contributed by atoms with Crippen LogP contribution in [0.25, 0.3) is 21.8 Å².